The maximum absolute atomic E-state index is 5.51. The second-order valence-corrected chi connectivity index (χ2v) is 3.52. The van der Waals surface area contributed by atoms with E-state index in [0.717, 1.165) is 13.0 Å². The highest BCUT2D eigenvalue weighted by molar-refractivity contribution is 4.71. The molecule has 0 spiro atoms. The third kappa shape index (κ3) is 2.80. The molecule has 0 unspecified atom stereocenters. The fourth-order valence-corrected chi connectivity index (χ4v) is 1.78. The van der Waals surface area contributed by atoms with E-state index in [1.165, 1.54) is 32.4 Å². The molecule has 1 aliphatic heterocycles. The summed E-state index contributed by atoms with van der Waals surface area (Å²) in [6, 6.07) is 0.709. The summed E-state index contributed by atoms with van der Waals surface area (Å²) in [7, 11) is 0. The van der Waals surface area contributed by atoms with Crippen molar-refractivity contribution in [3.63, 3.8) is 0 Å². The van der Waals surface area contributed by atoms with Crippen LogP contribution in [0.2, 0.25) is 0 Å². The minimum absolute atomic E-state index is 0.709. The van der Waals surface area contributed by atoms with Crippen molar-refractivity contribution in [1.82, 2.24) is 4.90 Å². The second-order valence-electron chi connectivity index (χ2n) is 3.52. The van der Waals surface area contributed by atoms with Gasteiger partial charge in [-0.2, -0.15) is 0 Å². The molecule has 1 heterocycles. The van der Waals surface area contributed by atoms with Gasteiger partial charge in [0.2, 0.25) is 0 Å². The summed E-state index contributed by atoms with van der Waals surface area (Å²) in [6.07, 6.45) is 5.34. The summed E-state index contributed by atoms with van der Waals surface area (Å²) in [6.45, 7) is 5.71. The minimum Gasteiger partial charge on any atom is -0.330 e. The standard InChI is InChI=1S/C9H20N2/c1-9(5-6-10)11-7-3-2-4-8-11/h9H,2-8,10H2,1H3/t9-/m1/s1. The Kier molecular flexibility index (Phi) is 3.87. The highest BCUT2D eigenvalue weighted by atomic mass is 15.1. The van der Waals surface area contributed by atoms with Crippen LogP contribution in [0.4, 0.5) is 0 Å². The van der Waals surface area contributed by atoms with Crippen molar-refractivity contribution in [2.24, 2.45) is 5.73 Å². The van der Waals surface area contributed by atoms with Crippen molar-refractivity contribution in [3.05, 3.63) is 0 Å². The van der Waals surface area contributed by atoms with Gasteiger partial charge >= 0.3 is 0 Å². The summed E-state index contributed by atoms with van der Waals surface area (Å²) in [4.78, 5) is 2.57. The van der Waals surface area contributed by atoms with Crippen LogP contribution in [0.5, 0.6) is 0 Å². The lowest BCUT2D eigenvalue weighted by Crippen LogP contribution is -2.38. The fourth-order valence-electron chi connectivity index (χ4n) is 1.78. The van der Waals surface area contributed by atoms with Crippen molar-refractivity contribution < 1.29 is 0 Å². The highest BCUT2D eigenvalue weighted by Crippen LogP contribution is 2.12. The number of hydrogen-bond donors (Lipinski definition) is 1. The van der Waals surface area contributed by atoms with Crippen LogP contribution in [-0.4, -0.2) is 30.6 Å². The number of nitrogens with zero attached hydrogens (tertiary/aromatic N) is 1. The van der Waals surface area contributed by atoms with Gasteiger partial charge in [-0.25, -0.2) is 0 Å². The fraction of sp³-hybridized carbons (Fsp3) is 1.00. The van der Waals surface area contributed by atoms with E-state index in [1.807, 2.05) is 0 Å². The average molecular weight is 156 g/mol. The zero-order chi connectivity index (χ0) is 8.10. The smallest absolute Gasteiger partial charge is 0.00789 e. The van der Waals surface area contributed by atoms with Crippen LogP contribution in [-0.2, 0) is 0 Å². The van der Waals surface area contributed by atoms with Crippen LogP contribution in [0.25, 0.3) is 0 Å². The van der Waals surface area contributed by atoms with E-state index in [2.05, 4.69) is 11.8 Å². The SMILES string of the molecule is C[C@H](CCN)N1CCCCC1. The van der Waals surface area contributed by atoms with Crippen molar-refractivity contribution in [1.29, 1.82) is 0 Å². The molecule has 0 aromatic heterocycles. The summed E-state index contributed by atoms with van der Waals surface area (Å²) < 4.78 is 0. The van der Waals surface area contributed by atoms with Crippen LogP contribution >= 0.6 is 0 Å². The minimum atomic E-state index is 0.709. The van der Waals surface area contributed by atoms with Crippen molar-refractivity contribution >= 4 is 0 Å². The van der Waals surface area contributed by atoms with E-state index < -0.39 is 0 Å². The number of likely N-dealkylation sites (tertiary alicyclic amines) is 1. The van der Waals surface area contributed by atoms with E-state index >= 15 is 0 Å². The Morgan fingerprint density at radius 3 is 2.45 bits per heavy atom. The molecule has 66 valence electrons. The Hall–Kier alpha value is -0.0800. The van der Waals surface area contributed by atoms with Gasteiger partial charge in [0.25, 0.3) is 0 Å². The molecule has 1 atom stereocenters. The molecule has 1 saturated heterocycles. The molecule has 1 aliphatic rings. The predicted molar refractivity (Wildman–Crippen MR) is 48.6 cm³/mol. The molecule has 0 aromatic carbocycles. The van der Waals surface area contributed by atoms with E-state index in [-0.39, 0.29) is 0 Å². The summed E-state index contributed by atoms with van der Waals surface area (Å²) in [5.41, 5.74) is 5.51. The van der Waals surface area contributed by atoms with Gasteiger partial charge < -0.3 is 10.6 Å². The maximum atomic E-state index is 5.51. The lowest BCUT2D eigenvalue weighted by atomic mass is 10.1. The number of piperidine rings is 1. The zero-order valence-electron chi connectivity index (χ0n) is 7.55. The maximum Gasteiger partial charge on any atom is 0.00789 e. The number of rotatable bonds is 3. The Morgan fingerprint density at radius 2 is 1.91 bits per heavy atom. The Labute approximate surface area is 69.8 Å². The lowest BCUT2D eigenvalue weighted by Gasteiger charge is -2.32. The van der Waals surface area contributed by atoms with Gasteiger partial charge in [-0.15, -0.1) is 0 Å². The molecule has 1 fully saturated rings. The topological polar surface area (TPSA) is 29.3 Å². The van der Waals surface area contributed by atoms with E-state index in [0.29, 0.717) is 6.04 Å². The molecule has 0 aliphatic carbocycles. The third-order valence-corrected chi connectivity index (χ3v) is 2.60. The average Bonchev–Trinajstić information content (AvgIpc) is 2.07. The Balaban J connectivity index is 2.21. The first-order chi connectivity index (χ1) is 5.34. The van der Waals surface area contributed by atoms with Gasteiger partial charge in [-0.1, -0.05) is 6.42 Å². The molecular formula is C9H20N2. The predicted octanol–water partition coefficient (Wildman–Crippen LogP) is 1.21. The van der Waals surface area contributed by atoms with Gasteiger partial charge in [0.05, 0.1) is 0 Å². The monoisotopic (exact) mass is 156 g/mol. The molecule has 0 radical (unpaired) electrons. The quantitative estimate of drug-likeness (QED) is 0.665. The van der Waals surface area contributed by atoms with E-state index in [1.54, 1.807) is 0 Å². The summed E-state index contributed by atoms with van der Waals surface area (Å²) in [5.74, 6) is 0. The van der Waals surface area contributed by atoms with Crippen LogP contribution < -0.4 is 5.73 Å². The summed E-state index contributed by atoms with van der Waals surface area (Å²) >= 11 is 0. The molecule has 0 aromatic rings. The van der Waals surface area contributed by atoms with Crippen LogP contribution in [0.1, 0.15) is 32.6 Å². The van der Waals surface area contributed by atoms with Gasteiger partial charge in [0.1, 0.15) is 0 Å². The normalized spacial score (nSPS) is 23.5. The molecular weight excluding hydrogens is 136 g/mol. The van der Waals surface area contributed by atoms with Crippen LogP contribution in [0.3, 0.4) is 0 Å². The largest absolute Gasteiger partial charge is 0.330 e. The molecule has 2 nitrogen and oxygen atoms in total. The zero-order valence-corrected chi connectivity index (χ0v) is 7.55. The van der Waals surface area contributed by atoms with E-state index in [9.17, 15) is 0 Å². The van der Waals surface area contributed by atoms with Gasteiger partial charge in [0, 0.05) is 6.04 Å². The van der Waals surface area contributed by atoms with Gasteiger partial charge in [-0.3, -0.25) is 0 Å². The van der Waals surface area contributed by atoms with Crippen molar-refractivity contribution in [3.8, 4) is 0 Å². The summed E-state index contributed by atoms with van der Waals surface area (Å²) in [5, 5.41) is 0. The van der Waals surface area contributed by atoms with Crippen molar-refractivity contribution in [2.45, 2.75) is 38.6 Å². The molecule has 0 saturated carbocycles. The molecule has 0 bridgehead atoms. The molecule has 0 amide bonds. The second kappa shape index (κ2) is 4.73. The molecule has 1 rings (SSSR count). The van der Waals surface area contributed by atoms with Gasteiger partial charge in [-0.05, 0) is 45.8 Å². The number of hydrogen-bond acceptors (Lipinski definition) is 2. The first kappa shape index (κ1) is 9.01. The van der Waals surface area contributed by atoms with E-state index in [4.69, 9.17) is 5.73 Å². The molecule has 2 heteroatoms. The number of nitrogens with two attached hydrogens (primary N) is 1. The lowest BCUT2D eigenvalue weighted by molar-refractivity contribution is 0.168. The van der Waals surface area contributed by atoms with Crippen LogP contribution in [0, 0.1) is 0 Å². The third-order valence-electron chi connectivity index (χ3n) is 2.60. The Morgan fingerprint density at radius 1 is 1.27 bits per heavy atom. The van der Waals surface area contributed by atoms with Gasteiger partial charge in [0.15, 0.2) is 0 Å². The highest BCUT2D eigenvalue weighted by Gasteiger charge is 2.14. The first-order valence-corrected chi connectivity index (χ1v) is 4.78. The molecule has 2 N–H and O–H groups in total. The molecule has 11 heavy (non-hydrogen) atoms. The van der Waals surface area contributed by atoms with Crippen LogP contribution in [0.15, 0.2) is 0 Å². The first-order valence-electron chi connectivity index (χ1n) is 4.78. The Bertz CT molecular complexity index is 97.7. The van der Waals surface area contributed by atoms with Crippen molar-refractivity contribution in [2.75, 3.05) is 19.6 Å².